The molecule has 5 nitrogen and oxygen atoms in total. The van der Waals surface area contributed by atoms with Crippen molar-refractivity contribution < 1.29 is 18.6 Å². The average molecular weight is 329 g/mol. The quantitative estimate of drug-likeness (QED) is 0.752. The first-order chi connectivity index (χ1) is 11.0. The number of hydrogen-bond acceptors (Lipinski definition) is 5. The third kappa shape index (κ3) is 2.22. The number of sulfone groups is 1. The van der Waals surface area contributed by atoms with Crippen LogP contribution in [0.25, 0.3) is 0 Å². The Morgan fingerprint density at radius 3 is 2.52 bits per heavy atom. The lowest BCUT2D eigenvalue weighted by Gasteiger charge is -2.16. The van der Waals surface area contributed by atoms with Crippen LogP contribution in [0.15, 0.2) is 59.0 Å². The summed E-state index contributed by atoms with van der Waals surface area (Å²) in [5.74, 6) is -0.758. The van der Waals surface area contributed by atoms with E-state index >= 15 is 0 Å². The van der Waals surface area contributed by atoms with E-state index in [0.717, 1.165) is 17.2 Å². The lowest BCUT2D eigenvalue weighted by atomic mass is 9.92. The molecule has 0 aromatic heterocycles. The van der Waals surface area contributed by atoms with Gasteiger partial charge in [-0.25, -0.2) is 8.42 Å². The van der Waals surface area contributed by atoms with Gasteiger partial charge in [-0.1, -0.05) is 30.3 Å². The first-order valence-corrected chi connectivity index (χ1v) is 8.91. The summed E-state index contributed by atoms with van der Waals surface area (Å²) in [7, 11) is -3.69. The maximum atomic E-state index is 12.6. The van der Waals surface area contributed by atoms with Crippen molar-refractivity contribution in [2.75, 3.05) is 5.75 Å². The highest BCUT2D eigenvalue weighted by molar-refractivity contribution is 7.91. The Kier molecular flexibility index (Phi) is 3.01. The Bertz CT molecular complexity index is 933. The highest BCUT2D eigenvalue weighted by atomic mass is 32.2. The third-order valence-corrected chi connectivity index (χ3v) is 6.10. The fourth-order valence-corrected chi connectivity index (χ4v) is 4.88. The van der Waals surface area contributed by atoms with Gasteiger partial charge in [-0.05, 0) is 28.8 Å². The SMILES string of the molecule is O=S(=O)(CC1=CC2NC1c1ccccc12)c1ccc(O)cc1O. The Morgan fingerprint density at radius 2 is 1.78 bits per heavy atom. The summed E-state index contributed by atoms with van der Waals surface area (Å²) in [4.78, 5) is -0.160. The molecule has 118 valence electrons. The second-order valence-corrected chi connectivity index (χ2v) is 7.82. The smallest absolute Gasteiger partial charge is 0.185 e. The molecule has 0 radical (unpaired) electrons. The maximum Gasteiger partial charge on any atom is 0.185 e. The molecule has 0 saturated heterocycles. The predicted octanol–water partition coefficient (Wildman–Crippen LogP) is 2.20. The molecule has 2 aliphatic heterocycles. The molecule has 6 heteroatoms. The van der Waals surface area contributed by atoms with Gasteiger partial charge in [0.05, 0.1) is 17.8 Å². The molecule has 0 amide bonds. The zero-order valence-corrected chi connectivity index (χ0v) is 12.9. The molecule has 0 aliphatic carbocycles. The molecule has 2 aromatic carbocycles. The summed E-state index contributed by atoms with van der Waals surface area (Å²) < 4.78 is 25.2. The molecule has 4 rings (SSSR count). The summed E-state index contributed by atoms with van der Waals surface area (Å²) in [5.41, 5.74) is 3.09. The Morgan fingerprint density at radius 1 is 1.04 bits per heavy atom. The highest BCUT2D eigenvalue weighted by Gasteiger charge is 2.38. The van der Waals surface area contributed by atoms with E-state index in [2.05, 4.69) is 5.32 Å². The van der Waals surface area contributed by atoms with Crippen LogP contribution in [0.3, 0.4) is 0 Å². The minimum atomic E-state index is -3.69. The zero-order valence-electron chi connectivity index (χ0n) is 12.1. The molecule has 0 fully saturated rings. The monoisotopic (exact) mass is 329 g/mol. The van der Waals surface area contributed by atoms with E-state index in [4.69, 9.17) is 0 Å². The first-order valence-electron chi connectivity index (χ1n) is 7.26. The fourth-order valence-electron chi connectivity index (χ4n) is 3.37. The number of phenols is 2. The van der Waals surface area contributed by atoms with Gasteiger partial charge >= 0.3 is 0 Å². The van der Waals surface area contributed by atoms with Crippen LogP contribution in [-0.4, -0.2) is 24.4 Å². The van der Waals surface area contributed by atoms with Gasteiger partial charge in [0.2, 0.25) is 0 Å². The number of aromatic hydroxyl groups is 2. The molecule has 0 saturated carbocycles. The maximum absolute atomic E-state index is 12.6. The van der Waals surface area contributed by atoms with E-state index in [-0.39, 0.29) is 28.5 Å². The van der Waals surface area contributed by atoms with Gasteiger partial charge in [-0.15, -0.1) is 0 Å². The van der Waals surface area contributed by atoms with E-state index in [9.17, 15) is 18.6 Å². The molecule has 2 unspecified atom stereocenters. The summed E-state index contributed by atoms with van der Waals surface area (Å²) in [6.45, 7) is 0. The molecule has 2 aromatic rings. The molecule has 3 N–H and O–H groups in total. The van der Waals surface area contributed by atoms with Gasteiger partial charge in [0, 0.05) is 6.07 Å². The summed E-state index contributed by atoms with van der Waals surface area (Å²) in [6.07, 6.45) is 1.95. The van der Waals surface area contributed by atoms with Crippen molar-refractivity contribution in [3.63, 3.8) is 0 Å². The summed E-state index contributed by atoms with van der Waals surface area (Å²) in [6, 6.07) is 11.4. The van der Waals surface area contributed by atoms with Crippen molar-refractivity contribution in [2.24, 2.45) is 0 Å². The van der Waals surface area contributed by atoms with Crippen molar-refractivity contribution in [3.8, 4) is 11.5 Å². The van der Waals surface area contributed by atoms with Gasteiger partial charge < -0.3 is 10.2 Å². The molecule has 23 heavy (non-hydrogen) atoms. The van der Waals surface area contributed by atoms with E-state index in [0.29, 0.717) is 0 Å². The van der Waals surface area contributed by atoms with Crippen LogP contribution < -0.4 is 5.32 Å². The third-order valence-electron chi connectivity index (χ3n) is 4.37. The minimum absolute atomic E-state index is 0.0508. The van der Waals surface area contributed by atoms with Gasteiger partial charge in [0.15, 0.2) is 9.84 Å². The molecule has 0 spiro atoms. The zero-order chi connectivity index (χ0) is 16.2. The van der Waals surface area contributed by atoms with E-state index < -0.39 is 15.6 Å². The molecule has 2 atom stereocenters. The second-order valence-electron chi connectivity index (χ2n) is 5.86. The predicted molar refractivity (Wildman–Crippen MR) is 85.0 cm³/mol. The van der Waals surface area contributed by atoms with Crippen LogP contribution in [0.1, 0.15) is 23.2 Å². The van der Waals surface area contributed by atoms with E-state index in [1.165, 1.54) is 17.7 Å². The van der Waals surface area contributed by atoms with Crippen LogP contribution in [0, 0.1) is 0 Å². The molecule has 2 bridgehead atoms. The van der Waals surface area contributed by atoms with Crippen molar-refractivity contribution in [2.45, 2.75) is 17.0 Å². The standard InChI is InChI=1S/C17H15NO4S/c19-11-5-6-16(15(20)8-11)23(21,22)9-10-7-14-12-3-1-2-4-13(12)17(10)18-14/h1-8,14,17-20H,9H2. The lowest BCUT2D eigenvalue weighted by Crippen LogP contribution is -2.16. The van der Waals surface area contributed by atoms with E-state index in [1.807, 2.05) is 30.3 Å². The summed E-state index contributed by atoms with van der Waals surface area (Å²) >= 11 is 0. The normalized spacial score (nSPS) is 22.0. The fraction of sp³-hybridized carbons (Fsp3) is 0.176. The number of fused-ring (bicyclic) bond motifs is 5. The average Bonchev–Trinajstić information content (AvgIpc) is 3.05. The number of hydrogen-bond donors (Lipinski definition) is 3. The van der Waals surface area contributed by atoms with Crippen molar-refractivity contribution >= 4 is 9.84 Å². The topological polar surface area (TPSA) is 86.6 Å². The number of phenolic OH excluding ortho intramolecular Hbond substituents is 2. The van der Waals surface area contributed by atoms with Crippen molar-refractivity contribution in [1.29, 1.82) is 0 Å². The van der Waals surface area contributed by atoms with Crippen LogP contribution in [0.2, 0.25) is 0 Å². The molecule has 2 aliphatic rings. The largest absolute Gasteiger partial charge is 0.508 e. The second kappa shape index (κ2) is 4.84. The molecular weight excluding hydrogens is 314 g/mol. The van der Waals surface area contributed by atoms with Crippen molar-refractivity contribution in [1.82, 2.24) is 5.32 Å². The minimum Gasteiger partial charge on any atom is -0.508 e. The van der Waals surface area contributed by atoms with Crippen LogP contribution in [0.4, 0.5) is 0 Å². The van der Waals surface area contributed by atoms with Gasteiger partial charge in [-0.2, -0.15) is 0 Å². The van der Waals surface area contributed by atoms with Gasteiger partial charge in [-0.3, -0.25) is 5.32 Å². The van der Waals surface area contributed by atoms with Crippen LogP contribution in [0.5, 0.6) is 11.5 Å². The number of rotatable bonds is 3. The number of nitrogens with one attached hydrogen (secondary N) is 1. The molecule has 2 heterocycles. The van der Waals surface area contributed by atoms with Crippen LogP contribution in [-0.2, 0) is 9.84 Å². The highest BCUT2D eigenvalue weighted by Crippen LogP contribution is 2.45. The molecular formula is C17H15NO4S. The Labute approximate surface area is 133 Å². The van der Waals surface area contributed by atoms with Gasteiger partial charge in [0.1, 0.15) is 16.4 Å². The van der Waals surface area contributed by atoms with Crippen molar-refractivity contribution in [3.05, 3.63) is 65.2 Å². The first kappa shape index (κ1) is 14.3. The number of benzene rings is 2. The van der Waals surface area contributed by atoms with Gasteiger partial charge in [0.25, 0.3) is 0 Å². The Balaban J connectivity index is 1.66. The lowest BCUT2D eigenvalue weighted by molar-refractivity contribution is 0.439. The summed E-state index contributed by atoms with van der Waals surface area (Å²) in [5, 5.41) is 22.5. The van der Waals surface area contributed by atoms with Crippen LogP contribution >= 0.6 is 0 Å². The van der Waals surface area contributed by atoms with E-state index in [1.54, 1.807) is 0 Å². The Hall–Kier alpha value is -2.31.